The number of halogens is 1. The van der Waals surface area contributed by atoms with Crippen molar-refractivity contribution in [2.75, 3.05) is 7.11 Å². The van der Waals surface area contributed by atoms with E-state index in [1.54, 1.807) is 24.3 Å². The van der Waals surface area contributed by atoms with Gasteiger partial charge in [0, 0.05) is 17.6 Å². The first kappa shape index (κ1) is 17.1. The van der Waals surface area contributed by atoms with Crippen LogP contribution in [0, 0.1) is 5.82 Å². The second-order valence-electron chi connectivity index (χ2n) is 4.94. The van der Waals surface area contributed by atoms with Gasteiger partial charge in [-0.15, -0.1) is 11.3 Å². The molecule has 0 aliphatic heterocycles. The molecule has 1 atom stereocenters. The first-order valence-corrected chi connectivity index (χ1v) is 7.65. The van der Waals surface area contributed by atoms with Crippen LogP contribution in [0.5, 0.6) is 0 Å². The molecule has 122 valence electrons. The van der Waals surface area contributed by atoms with E-state index in [9.17, 15) is 14.0 Å². The lowest BCUT2D eigenvalue weighted by Gasteiger charge is -2.07. The number of thiophene rings is 1. The maximum absolute atomic E-state index is 13.9. The van der Waals surface area contributed by atoms with Crippen molar-refractivity contribution in [3.63, 3.8) is 0 Å². The predicted octanol–water partition coefficient (Wildman–Crippen LogP) is 2.90. The van der Waals surface area contributed by atoms with Gasteiger partial charge in [0.1, 0.15) is 11.9 Å². The summed E-state index contributed by atoms with van der Waals surface area (Å²) in [5, 5.41) is 11.2. The molecule has 23 heavy (non-hydrogen) atoms. The molecule has 1 heterocycles. The number of carboxylic acid groups (broad SMARTS) is 1. The van der Waals surface area contributed by atoms with E-state index in [-0.39, 0.29) is 12.4 Å². The molecule has 0 saturated carbocycles. The minimum atomic E-state index is -1.11. The highest BCUT2D eigenvalue weighted by Crippen LogP contribution is 2.29. The summed E-state index contributed by atoms with van der Waals surface area (Å²) in [7, 11) is 1.50. The summed E-state index contributed by atoms with van der Waals surface area (Å²) in [5.41, 5.74) is 1.11. The molecule has 0 spiro atoms. The Bertz CT molecular complexity index is 729. The Labute approximate surface area is 136 Å². The van der Waals surface area contributed by atoms with Gasteiger partial charge in [0.05, 0.1) is 11.5 Å². The van der Waals surface area contributed by atoms with Crippen LogP contribution in [-0.4, -0.2) is 30.1 Å². The summed E-state index contributed by atoms with van der Waals surface area (Å²) in [5.74, 6) is -1.94. The summed E-state index contributed by atoms with van der Waals surface area (Å²) in [4.78, 5) is 23.8. The van der Waals surface area contributed by atoms with E-state index in [4.69, 9.17) is 9.84 Å². The highest BCUT2D eigenvalue weighted by molar-refractivity contribution is 7.17. The monoisotopic (exact) mass is 337 g/mol. The molecule has 0 aliphatic rings. The Kier molecular flexibility index (Phi) is 5.46. The van der Waals surface area contributed by atoms with Gasteiger partial charge in [0.15, 0.2) is 0 Å². The van der Waals surface area contributed by atoms with Crippen LogP contribution >= 0.6 is 11.3 Å². The number of nitrogens with one attached hydrogen (secondary N) is 1. The highest BCUT2D eigenvalue weighted by Gasteiger charge is 2.17. The van der Waals surface area contributed by atoms with Crippen molar-refractivity contribution in [2.24, 2.45) is 0 Å². The van der Waals surface area contributed by atoms with Gasteiger partial charge in [-0.1, -0.05) is 12.1 Å². The lowest BCUT2D eigenvalue weighted by Crippen LogP contribution is -2.37. The van der Waals surface area contributed by atoms with Crippen molar-refractivity contribution in [3.05, 3.63) is 46.6 Å². The van der Waals surface area contributed by atoms with Crippen molar-refractivity contribution in [1.29, 1.82) is 0 Å². The maximum atomic E-state index is 13.9. The summed E-state index contributed by atoms with van der Waals surface area (Å²) < 4.78 is 18.8. The molecular weight excluding hydrogens is 321 g/mol. The lowest BCUT2D eigenvalue weighted by molar-refractivity contribution is -0.138. The Hall–Kier alpha value is -2.25. The van der Waals surface area contributed by atoms with E-state index in [0.717, 1.165) is 4.88 Å². The molecule has 0 bridgehead atoms. The SMILES string of the molecule is COCc1ccc(-c2ccc(C(=O)NC(C)C(=O)O)s2)cc1F. The van der Waals surface area contributed by atoms with Gasteiger partial charge >= 0.3 is 5.97 Å². The number of ether oxygens (including phenoxy) is 1. The van der Waals surface area contributed by atoms with Gasteiger partial charge in [-0.2, -0.15) is 0 Å². The van der Waals surface area contributed by atoms with Gasteiger partial charge < -0.3 is 15.2 Å². The van der Waals surface area contributed by atoms with Crippen LogP contribution < -0.4 is 5.32 Å². The molecule has 2 aromatic rings. The topological polar surface area (TPSA) is 75.6 Å². The number of benzene rings is 1. The number of amides is 1. The first-order chi connectivity index (χ1) is 10.9. The highest BCUT2D eigenvalue weighted by atomic mass is 32.1. The molecule has 5 nitrogen and oxygen atoms in total. The van der Waals surface area contributed by atoms with Crippen LogP contribution in [0.2, 0.25) is 0 Å². The van der Waals surface area contributed by atoms with Crippen LogP contribution in [0.4, 0.5) is 4.39 Å². The van der Waals surface area contributed by atoms with E-state index in [2.05, 4.69) is 5.32 Å². The third-order valence-corrected chi connectivity index (χ3v) is 4.32. The Balaban J connectivity index is 2.17. The number of rotatable bonds is 6. The zero-order valence-electron chi connectivity index (χ0n) is 12.6. The fourth-order valence-electron chi connectivity index (χ4n) is 1.92. The summed E-state index contributed by atoms with van der Waals surface area (Å²) in [6.07, 6.45) is 0. The Morgan fingerprint density at radius 1 is 1.35 bits per heavy atom. The fraction of sp³-hybridized carbons (Fsp3) is 0.250. The molecule has 7 heteroatoms. The van der Waals surface area contributed by atoms with Gasteiger partial charge in [-0.05, 0) is 30.7 Å². The van der Waals surface area contributed by atoms with Crippen LogP contribution in [-0.2, 0) is 16.1 Å². The maximum Gasteiger partial charge on any atom is 0.325 e. The molecule has 0 radical (unpaired) electrons. The van der Waals surface area contributed by atoms with Crippen LogP contribution in [0.1, 0.15) is 22.2 Å². The first-order valence-electron chi connectivity index (χ1n) is 6.83. The average Bonchev–Trinajstić information content (AvgIpc) is 2.99. The van der Waals surface area contributed by atoms with Crippen molar-refractivity contribution in [2.45, 2.75) is 19.6 Å². The largest absolute Gasteiger partial charge is 0.480 e. The normalized spacial score (nSPS) is 12.0. The fourth-order valence-corrected chi connectivity index (χ4v) is 2.82. The minimum absolute atomic E-state index is 0.192. The molecule has 0 aliphatic carbocycles. The molecule has 2 N–H and O–H groups in total. The van der Waals surface area contributed by atoms with Crippen molar-refractivity contribution < 1.29 is 23.8 Å². The predicted molar refractivity (Wildman–Crippen MR) is 85.0 cm³/mol. The molecule has 0 fully saturated rings. The number of carbonyl (C=O) groups excluding carboxylic acids is 1. The van der Waals surface area contributed by atoms with Crippen molar-refractivity contribution >= 4 is 23.2 Å². The third-order valence-electron chi connectivity index (χ3n) is 3.19. The minimum Gasteiger partial charge on any atom is -0.480 e. The van der Waals surface area contributed by atoms with E-state index in [1.807, 2.05) is 0 Å². The number of aliphatic carboxylic acids is 1. The average molecular weight is 337 g/mol. The molecule has 0 saturated heterocycles. The second kappa shape index (κ2) is 7.34. The molecule has 1 amide bonds. The molecule has 1 aromatic heterocycles. The molecule has 2 rings (SSSR count). The van der Waals surface area contributed by atoms with Crippen LogP contribution in [0.15, 0.2) is 30.3 Å². The Morgan fingerprint density at radius 2 is 2.09 bits per heavy atom. The van der Waals surface area contributed by atoms with E-state index in [1.165, 1.54) is 31.4 Å². The van der Waals surface area contributed by atoms with E-state index in [0.29, 0.717) is 16.0 Å². The van der Waals surface area contributed by atoms with Gasteiger partial charge in [-0.25, -0.2) is 4.39 Å². The zero-order valence-corrected chi connectivity index (χ0v) is 13.4. The van der Waals surface area contributed by atoms with E-state index >= 15 is 0 Å². The lowest BCUT2D eigenvalue weighted by atomic mass is 10.1. The number of methoxy groups -OCH3 is 1. The zero-order chi connectivity index (χ0) is 17.0. The second-order valence-corrected chi connectivity index (χ2v) is 6.02. The van der Waals surface area contributed by atoms with Gasteiger partial charge in [-0.3, -0.25) is 9.59 Å². The van der Waals surface area contributed by atoms with Gasteiger partial charge in [0.2, 0.25) is 0 Å². The van der Waals surface area contributed by atoms with Crippen LogP contribution in [0.25, 0.3) is 10.4 Å². The number of carbonyl (C=O) groups is 2. The molecular formula is C16H16FNO4S. The Morgan fingerprint density at radius 3 is 2.70 bits per heavy atom. The quantitative estimate of drug-likeness (QED) is 0.850. The number of hydrogen-bond acceptors (Lipinski definition) is 4. The summed E-state index contributed by atoms with van der Waals surface area (Å²) >= 11 is 1.17. The number of hydrogen-bond donors (Lipinski definition) is 2. The van der Waals surface area contributed by atoms with Crippen molar-refractivity contribution in [3.8, 4) is 10.4 Å². The van der Waals surface area contributed by atoms with Crippen LogP contribution in [0.3, 0.4) is 0 Å². The molecule has 1 unspecified atom stereocenters. The summed E-state index contributed by atoms with van der Waals surface area (Å²) in [6.45, 7) is 1.58. The third kappa shape index (κ3) is 4.14. The molecule has 1 aromatic carbocycles. The standard InChI is InChI=1S/C16H16FNO4S/c1-9(16(20)21)18-15(19)14-6-5-13(23-14)10-3-4-11(8-22-2)12(17)7-10/h3-7,9H,8H2,1-2H3,(H,18,19)(H,20,21). The van der Waals surface area contributed by atoms with Gasteiger partial charge in [0.25, 0.3) is 5.91 Å². The smallest absolute Gasteiger partial charge is 0.325 e. The summed E-state index contributed by atoms with van der Waals surface area (Å²) in [6, 6.07) is 7.10. The van der Waals surface area contributed by atoms with E-state index < -0.39 is 17.9 Å². The number of carboxylic acids is 1. The van der Waals surface area contributed by atoms with Crippen molar-refractivity contribution in [1.82, 2.24) is 5.32 Å².